The van der Waals surface area contributed by atoms with Crippen LogP contribution in [0, 0.1) is 0 Å². The van der Waals surface area contributed by atoms with E-state index in [-0.39, 0.29) is 4.75 Å². The molecule has 4 heteroatoms. The maximum absolute atomic E-state index is 10.8. The van der Waals surface area contributed by atoms with Crippen LogP contribution < -0.4 is 2.94 Å². The minimum Gasteiger partial charge on any atom is -0.597 e. The SMILES string of the molecule is CC(C)(C)[S@+]([O-])NI. The third-order valence-corrected chi connectivity index (χ3v) is 3.08. The zero-order valence-corrected chi connectivity index (χ0v) is 8.17. The lowest BCUT2D eigenvalue weighted by atomic mass is 10.3. The fraction of sp³-hybridized carbons (Fsp3) is 1.00. The van der Waals surface area contributed by atoms with Gasteiger partial charge in [-0.1, -0.05) is 2.94 Å². The zero-order chi connectivity index (χ0) is 6.78. The second kappa shape index (κ2) is 3.24. The van der Waals surface area contributed by atoms with Crippen LogP contribution in [0.1, 0.15) is 20.8 Å². The predicted octanol–water partition coefficient (Wildman–Crippen LogP) is 1.39. The first-order valence-electron chi connectivity index (χ1n) is 2.26. The molecule has 0 fully saturated rings. The van der Waals surface area contributed by atoms with Gasteiger partial charge in [0.05, 0.1) is 34.2 Å². The van der Waals surface area contributed by atoms with E-state index in [0.29, 0.717) is 0 Å². The van der Waals surface area contributed by atoms with Gasteiger partial charge in [-0.05, 0) is 20.8 Å². The Morgan fingerprint density at radius 2 is 1.88 bits per heavy atom. The lowest BCUT2D eigenvalue weighted by Crippen LogP contribution is -2.34. The van der Waals surface area contributed by atoms with Crippen LogP contribution in [-0.2, 0) is 11.4 Å². The number of nitrogens with one attached hydrogen (secondary N) is 1. The molecule has 0 radical (unpaired) electrons. The third-order valence-electron chi connectivity index (χ3n) is 0.626. The fourth-order valence-electron chi connectivity index (χ4n) is 0.116. The quantitative estimate of drug-likeness (QED) is 0.431. The molecule has 0 aromatic carbocycles. The smallest absolute Gasteiger partial charge is 0.137 e. The van der Waals surface area contributed by atoms with E-state index in [1.54, 1.807) is 0 Å². The Morgan fingerprint density at radius 3 is 1.88 bits per heavy atom. The molecule has 8 heavy (non-hydrogen) atoms. The van der Waals surface area contributed by atoms with Gasteiger partial charge in [0.15, 0.2) is 0 Å². The van der Waals surface area contributed by atoms with E-state index in [2.05, 4.69) is 2.94 Å². The number of hydrogen-bond donors (Lipinski definition) is 1. The summed E-state index contributed by atoms with van der Waals surface area (Å²) in [5.41, 5.74) is 0. The van der Waals surface area contributed by atoms with Crippen LogP contribution in [0.5, 0.6) is 0 Å². The van der Waals surface area contributed by atoms with Gasteiger partial charge in [0, 0.05) is 0 Å². The summed E-state index contributed by atoms with van der Waals surface area (Å²) in [7, 11) is 0. The van der Waals surface area contributed by atoms with Gasteiger partial charge in [-0.3, -0.25) is 0 Å². The first-order chi connectivity index (χ1) is 3.48. The van der Waals surface area contributed by atoms with Crippen molar-refractivity contribution >= 4 is 34.2 Å². The van der Waals surface area contributed by atoms with Crippen molar-refractivity contribution in [3.63, 3.8) is 0 Å². The average molecular weight is 247 g/mol. The Balaban J connectivity index is 3.62. The maximum atomic E-state index is 10.8. The Labute approximate surface area is 67.2 Å². The molecule has 1 atom stereocenters. The average Bonchev–Trinajstić information content (AvgIpc) is 1.62. The molecule has 0 aliphatic rings. The summed E-state index contributed by atoms with van der Waals surface area (Å²) >= 11 is 0.981. The summed E-state index contributed by atoms with van der Waals surface area (Å²) < 4.78 is 13.3. The summed E-state index contributed by atoms with van der Waals surface area (Å²) in [6.45, 7) is 5.78. The molecule has 0 aromatic rings. The number of rotatable bonds is 1. The van der Waals surface area contributed by atoms with Crippen molar-refractivity contribution in [3.8, 4) is 0 Å². The summed E-state index contributed by atoms with van der Waals surface area (Å²) in [6.07, 6.45) is 0. The van der Waals surface area contributed by atoms with Crippen LogP contribution in [0.2, 0.25) is 0 Å². The van der Waals surface area contributed by atoms with Gasteiger partial charge in [-0.25, -0.2) is 0 Å². The zero-order valence-electron chi connectivity index (χ0n) is 5.19. The third kappa shape index (κ3) is 3.11. The van der Waals surface area contributed by atoms with Crippen molar-refractivity contribution in [2.24, 2.45) is 0 Å². The largest absolute Gasteiger partial charge is 0.597 e. The van der Waals surface area contributed by atoms with E-state index >= 15 is 0 Å². The number of halogens is 1. The first kappa shape index (κ1) is 9.00. The van der Waals surface area contributed by atoms with Gasteiger partial charge >= 0.3 is 0 Å². The molecule has 2 nitrogen and oxygen atoms in total. The number of hydrogen-bond acceptors (Lipinski definition) is 2. The van der Waals surface area contributed by atoms with Crippen molar-refractivity contribution in [1.29, 1.82) is 0 Å². The highest BCUT2D eigenvalue weighted by Gasteiger charge is 2.24. The van der Waals surface area contributed by atoms with Crippen LogP contribution in [0.15, 0.2) is 0 Å². The second-order valence-electron chi connectivity index (χ2n) is 2.46. The van der Waals surface area contributed by atoms with Crippen LogP contribution in [0.4, 0.5) is 0 Å². The van der Waals surface area contributed by atoms with Crippen LogP contribution >= 0.6 is 22.9 Å². The highest BCUT2D eigenvalue weighted by molar-refractivity contribution is 14.1. The molecule has 0 rings (SSSR count). The molecule has 0 saturated carbocycles. The minimum atomic E-state index is -0.908. The highest BCUT2D eigenvalue weighted by Crippen LogP contribution is 2.13. The van der Waals surface area contributed by atoms with E-state index in [9.17, 15) is 4.55 Å². The van der Waals surface area contributed by atoms with Crippen molar-refractivity contribution in [3.05, 3.63) is 0 Å². The Hall–Kier alpha value is 1.00. The Kier molecular flexibility index (Phi) is 3.64. The standard InChI is InChI=1S/C4H10INOS/c1-4(2,3)8(7)6-5/h6H,1-3H3/t8-/m0/s1. The van der Waals surface area contributed by atoms with Crippen LogP contribution in [0.3, 0.4) is 0 Å². The van der Waals surface area contributed by atoms with Crippen LogP contribution in [-0.4, -0.2) is 9.30 Å². The summed E-state index contributed by atoms with van der Waals surface area (Å²) in [4.78, 5) is 0. The molecule has 0 unspecified atom stereocenters. The first-order valence-corrected chi connectivity index (χ1v) is 4.49. The van der Waals surface area contributed by atoms with E-state index in [1.807, 2.05) is 43.6 Å². The molecule has 0 heterocycles. The predicted molar refractivity (Wildman–Crippen MR) is 45.1 cm³/mol. The monoisotopic (exact) mass is 247 g/mol. The molecule has 1 N–H and O–H groups in total. The molecule has 0 bridgehead atoms. The fourth-order valence-corrected chi connectivity index (χ4v) is 2.33. The lowest BCUT2D eigenvalue weighted by molar-refractivity contribution is 0.559. The molecule has 0 spiro atoms. The molecule has 0 aliphatic carbocycles. The normalized spacial score (nSPS) is 16.1. The molecule has 0 aromatic heterocycles. The van der Waals surface area contributed by atoms with Crippen molar-refractivity contribution < 1.29 is 4.55 Å². The van der Waals surface area contributed by atoms with Crippen molar-refractivity contribution in [2.75, 3.05) is 0 Å². The molecule has 50 valence electrons. The molecule has 0 aliphatic heterocycles. The van der Waals surface area contributed by atoms with Crippen LogP contribution in [0.25, 0.3) is 0 Å². The Morgan fingerprint density at radius 1 is 1.50 bits per heavy atom. The van der Waals surface area contributed by atoms with E-state index in [4.69, 9.17) is 0 Å². The summed E-state index contributed by atoms with van der Waals surface area (Å²) in [5.74, 6) is 0. The Bertz CT molecular complexity index is 72.9. The topological polar surface area (TPSA) is 35.1 Å². The summed E-state index contributed by atoms with van der Waals surface area (Å²) in [5, 5.41) is 0. The minimum absolute atomic E-state index is 0.138. The lowest BCUT2D eigenvalue weighted by Gasteiger charge is -2.20. The molecule has 0 amide bonds. The van der Waals surface area contributed by atoms with E-state index in [1.165, 1.54) is 0 Å². The van der Waals surface area contributed by atoms with Gasteiger partial charge in [0.1, 0.15) is 4.75 Å². The van der Waals surface area contributed by atoms with Gasteiger partial charge < -0.3 is 4.55 Å². The van der Waals surface area contributed by atoms with E-state index < -0.39 is 11.4 Å². The maximum Gasteiger partial charge on any atom is 0.137 e. The van der Waals surface area contributed by atoms with Crippen molar-refractivity contribution in [2.45, 2.75) is 25.5 Å². The van der Waals surface area contributed by atoms with Gasteiger partial charge in [0.25, 0.3) is 0 Å². The van der Waals surface area contributed by atoms with Gasteiger partial charge in [-0.2, -0.15) is 0 Å². The molecule has 0 saturated heterocycles. The summed E-state index contributed by atoms with van der Waals surface area (Å²) in [6, 6.07) is 0. The van der Waals surface area contributed by atoms with Crippen molar-refractivity contribution in [1.82, 2.24) is 2.94 Å². The highest BCUT2D eigenvalue weighted by atomic mass is 127. The molecular weight excluding hydrogens is 237 g/mol. The second-order valence-corrected chi connectivity index (χ2v) is 5.70. The van der Waals surface area contributed by atoms with Gasteiger partial charge in [-0.15, -0.1) is 0 Å². The van der Waals surface area contributed by atoms with Gasteiger partial charge in [0.2, 0.25) is 0 Å². The van der Waals surface area contributed by atoms with E-state index in [0.717, 1.165) is 0 Å². The molecular formula is C4H10INOS.